The van der Waals surface area contributed by atoms with Crippen molar-refractivity contribution in [1.29, 1.82) is 5.26 Å². The molecular weight excluding hydrogens is 291 g/mol. The van der Waals surface area contributed by atoms with Crippen LogP contribution in [-0.2, 0) is 12.6 Å². The van der Waals surface area contributed by atoms with Crippen molar-refractivity contribution in [3.63, 3.8) is 0 Å². The molecule has 0 aliphatic carbocycles. The van der Waals surface area contributed by atoms with Gasteiger partial charge in [-0.15, -0.1) is 0 Å². The van der Waals surface area contributed by atoms with Crippen LogP contribution < -0.4 is 0 Å². The van der Waals surface area contributed by atoms with Crippen LogP contribution >= 0.6 is 0 Å². The number of halogens is 3. The Bertz CT molecular complexity index is 855. The molecule has 0 saturated carbocycles. The van der Waals surface area contributed by atoms with E-state index >= 15 is 0 Å². The van der Waals surface area contributed by atoms with E-state index in [4.69, 9.17) is 5.26 Å². The first-order valence-corrected chi connectivity index (χ1v) is 6.51. The fraction of sp³-hybridized carbons (Fsp3) is 0.125. The highest BCUT2D eigenvalue weighted by Crippen LogP contribution is 2.29. The maximum absolute atomic E-state index is 12.6. The fourth-order valence-corrected chi connectivity index (χ4v) is 2.27. The maximum atomic E-state index is 12.6. The molecule has 3 aromatic rings. The van der Waals surface area contributed by atoms with Gasteiger partial charge in [-0.1, -0.05) is 18.2 Å². The molecule has 0 atom stereocenters. The minimum atomic E-state index is -4.35. The van der Waals surface area contributed by atoms with Gasteiger partial charge < -0.3 is 0 Å². The predicted octanol–water partition coefficient (Wildman–Crippen LogP) is 4.11. The second-order valence-electron chi connectivity index (χ2n) is 4.81. The molecule has 0 fully saturated rings. The van der Waals surface area contributed by atoms with Gasteiger partial charge in [0.1, 0.15) is 0 Å². The van der Waals surface area contributed by atoms with Gasteiger partial charge in [0.15, 0.2) is 0 Å². The van der Waals surface area contributed by atoms with Gasteiger partial charge in [0.2, 0.25) is 0 Å². The normalized spacial score (nSPS) is 11.5. The zero-order chi connectivity index (χ0) is 15.7. The molecule has 0 aliphatic rings. The highest BCUT2D eigenvalue weighted by molar-refractivity contribution is 5.82. The molecule has 6 heteroatoms. The molecule has 1 aromatic heterocycles. The number of fused-ring (bicyclic) bond motifs is 1. The Morgan fingerprint density at radius 2 is 1.82 bits per heavy atom. The molecule has 0 saturated heterocycles. The minimum Gasteiger partial charge on any atom is -0.240 e. The molecule has 0 aliphatic heterocycles. The molecule has 1 heterocycles. The molecule has 3 nitrogen and oxygen atoms in total. The lowest BCUT2D eigenvalue weighted by Gasteiger charge is -2.07. The Labute approximate surface area is 124 Å². The zero-order valence-electron chi connectivity index (χ0n) is 11.3. The molecule has 0 radical (unpaired) electrons. The fourth-order valence-electron chi connectivity index (χ4n) is 2.27. The summed E-state index contributed by atoms with van der Waals surface area (Å²) in [6.45, 7) is 0. The van der Waals surface area contributed by atoms with Crippen LogP contribution in [0.3, 0.4) is 0 Å². The van der Waals surface area contributed by atoms with E-state index in [1.807, 2.05) is 18.2 Å². The molecule has 0 amide bonds. The lowest BCUT2D eigenvalue weighted by molar-refractivity contribution is -0.137. The third-order valence-corrected chi connectivity index (χ3v) is 3.35. The lowest BCUT2D eigenvalue weighted by atomic mass is 10.1. The van der Waals surface area contributed by atoms with Crippen LogP contribution in [0.4, 0.5) is 13.2 Å². The van der Waals surface area contributed by atoms with Crippen molar-refractivity contribution in [1.82, 2.24) is 9.78 Å². The summed E-state index contributed by atoms with van der Waals surface area (Å²) in [7, 11) is 0. The molecule has 0 bridgehead atoms. The average Bonchev–Trinajstić information content (AvgIpc) is 2.92. The van der Waals surface area contributed by atoms with Crippen LogP contribution in [0.25, 0.3) is 16.6 Å². The van der Waals surface area contributed by atoms with Crippen LogP contribution in [0.1, 0.15) is 11.1 Å². The van der Waals surface area contributed by atoms with Crippen LogP contribution in [0, 0.1) is 11.3 Å². The van der Waals surface area contributed by atoms with Gasteiger partial charge in [0.25, 0.3) is 0 Å². The molecule has 2 aromatic carbocycles. The first kappa shape index (κ1) is 14.1. The molecule has 110 valence electrons. The Morgan fingerprint density at radius 3 is 2.45 bits per heavy atom. The van der Waals surface area contributed by atoms with E-state index in [0.717, 1.165) is 23.1 Å². The average molecular weight is 301 g/mol. The van der Waals surface area contributed by atoms with E-state index in [9.17, 15) is 13.2 Å². The Hall–Kier alpha value is -2.81. The van der Waals surface area contributed by atoms with Gasteiger partial charge in [0.05, 0.1) is 29.3 Å². The summed E-state index contributed by atoms with van der Waals surface area (Å²) >= 11 is 0. The largest absolute Gasteiger partial charge is 0.416 e. The Kier molecular flexibility index (Phi) is 3.33. The van der Waals surface area contributed by atoms with Crippen molar-refractivity contribution in [2.45, 2.75) is 12.6 Å². The van der Waals surface area contributed by atoms with E-state index in [0.29, 0.717) is 11.2 Å². The number of aromatic nitrogens is 2. The van der Waals surface area contributed by atoms with E-state index in [1.54, 1.807) is 6.20 Å². The molecular formula is C16H10F3N3. The van der Waals surface area contributed by atoms with E-state index in [1.165, 1.54) is 16.8 Å². The van der Waals surface area contributed by atoms with Crippen LogP contribution in [0.5, 0.6) is 0 Å². The molecule has 22 heavy (non-hydrogen) atoms. The zero-order valence-corrected chi connectivity index (χ0v) is 11.3. The summed E-state index contributed by atoms with van der Waals surface area (Å²) < 4.78 is 39.2. The van der Waals surface area contributed by atoms with Crippen LogP contribution in [-0.4, -0.2) is 9.78 Å². The summed E-state index contributed by atoms with van der Waals surface area (Å²) in [5, 5.41) is 14.0. The monoisotopic (exact) mass is 301 g/mol. The summed E-state index contributed by atoms with van der Waals surface area (Å²) in [6, 6.07) is 12.4. The Morgan fingerprint density at radius 1 is 1.09 bits per heavy atom. The van der Waals surface area contributed by atoms with Crippen molar-refractivity contribution in [2.75, 3.05) is 0 Å². The quantitative estimate of drug-likeness (QED) is 0.714. The summed E-state index contributed by atoms with van der Waals surface area (Å²) in [5.41, 5.74) is 1.32. The number of benzene rings is 2. The number of nitriles is 1. The standard InChI is InChI=1S/C16H10F3N3/c17-16(18,19)13-4-6-14(7-5-13)22-10-12-3-1-2-11(8-9-20)15(12)21-22/h1-7,10H,8H2. The van der Waals surface area contributed by atoms with Gasteiger partial charge in [0, 0.05) is 11.6 Å². The van der Waals surface area contributed by atoms with E-state index < -0.39 is 11.7 Å². The van der Waals surface area contributed by atoms with Gasteiger partial charge in [-0.05, 0) is 29.8 Å². The number of hydrogen-bond acceptors (Lipinski definition) is 2. The first-order chi connectivity index (χ1) is 10.5. The highest BCUT2D eigenvalue weighted by Gasteiger charge is 2.30. The second-order valence-corrected chi connectivity index (χ2v) is 4.81. The predicted molar refractivity (Wildman–Crippen MR) is 75.4 cm³/mol. The molecule has 3 rings (SSSR count). The molecule has 0 N–H and O–H groups in total. The third-order valence-electron chi connectivity index (χ3n) is 3.35. The minimum absolute atomic E-state index is 0.237. The van der Waals surface area contributed by atoms with Crippen molar-refractivity contribution >= 4 is 10.9 Å². The first-order valence-electron chi connectivity index (χ1n) is 6.51. The lowest BCUT2D eigenvalue weighted by Crippen LogP contribution is -2.05. The molecule has 0 spiro atoms. The molecule has 0 unspecified atom stereocenters. The van der Waals surface area contributed by atoms with Crippen molar-refractivity contribution in [2.24, 2.45) is 0 Å². The smallest absolute Gasteiger partial charge is 0.240 e. The van der Waals surface area contributed by atoms with Crippen molar-refractivity contribution in [3.05, 3.63) is 59.8 Å². The van der Waals surface area contributed by atoms with E-state index in [-0.39, 0.29) is 6.42 Å². The van der Waals surface area contributed by atoms with E-state index in [2.05, 4.69) is 11.2 Å². The van der Waals surface area contributed by atoms with Crippen LogP contribution in [0.2, 0.25) is 0 Å². The van der Waals surface area contributed by atoms with Crippen molar-refractivity contribution < 1.29 is 13.2 Å². The van der Waals surface area contributed by atoms with Crippen molar-refractivity contribution in [3.8, 4) is 11.8 Å². The number of hydrogen-bond donors (Lipinski definition) is 0. The topological polar surface area (TPSA) is 41.6 Å². The number of rotatable bonds is 2. The maximum Gasteiger partial charge on any atom is 0.416 e. The van der Waals surface area contributed by atoms with Gasteiger partial charge in [-0.25, -0.2) is 4.68 Å². The summed E-state index contributed by atoms with van der Waals surface area (Å²) in [6.07, 6.45) is -2.38. The highest BCUT2D eigenvalue weighted by atomic mass is 19.4. The van der Waals surface area contributed by atoms with Gasteiger partial charge in [-0.3, -0.25) is 0 Å². The number of nitrogens with zero attached hydrogens (tertiary/aromatic N) is 3. The Balaban J connectivity index is 2.04. The SMILES string of the molecule is N#CCc1cccc2cn(-c3ccc(C(F)(F)F)cc3)nc12. The third kappa shape index (κ3) is 2.53. The number of alkyl halides is 3. The summed E-state index contributed by atoms with van der Waals surface area (Å²) in [4.78, 5) is 0. The van der Waals surface area contributed by atoms with Crippen LogP contribution in [0.15, 0.2) is 48.7 Å². The van der Waals surface area contributed by atoms with Gasteiger partial charge in [-0.2, -0.15) is 23.5 Å². The van der Waals surface area contributed by atoms with Gasteiger partial charge >= 0.3 is 6.18 Å². The second kappa shape index (κ2) is 5.19. The summed E-state index contributed by atoms with van der Waals surface area (Å²) in [5.74, 6) is 0.